The predicted molar refractivity (Wildman–Crippen MR) is 100 cm³/mol. The van der Waals surface area contributed by atoms with Gasteiger partial charge < -0.3 is 14.2 Å². The van der Waals surface area contributed by atoms with Crippen molar-refractivity contribution in [3.05, 3.63) is 77.1 Å². The molecule has 0 amide bonds. The van der Waals surface area contributed by atoms with Crippen LogP contribution >= 0.6 is 11.6 Å². The van der Waals surface area contributed by atoms with Gasteiger partial charge in [-0.15, -0.1) is 0 Å². The molecule has 0 aliphatic rings. The Morgan fingerprint density at radius 3 is 2.54 bits per heavy atom. The summed E-state index contributed by atoms with van der Waals surface area (Å²) in [5.41, 5.74) is 3.76. The van der Waals surface area contributed by atoms with Gasteiger partial charge in [-0.05, 0) is 48.9 Å². The zero-order valence-corrected chi connectivity index (χ0v) is 14.8. The lowest BCUT2D eigenvalue weighted by Crippen LogP contribution is -1.95. The Balaban J connectivity index is 1.48. The van der Waals surface area contributed by atoms with Gasteiger partial charge in [0.05, 0.1) is 0 Å². The molecule has 5 nitrogen and oxygen atoms in total. The van der Waals surface area contributed by atoms with E-state index in [4.69, 9.17) is 20.9 Å². The van der Waals surface area contributed by atoms with Crippen LogP contribution in [0.4, 0.5) is 0 Å². The Kier molecular flexibility index (Phi) is 4.46. The van der Waals surface area contributed by atoms with Gasteiger partial charge in [-0.1, -0.05) is 28.9 Å². The molecule has 2 aromatic carbocycles. The Hall–Kier alpha value is -3.05. The van der Waals surface area contributed by atoms with E-state index in [0.717, 1.165) is 33.2 Å². The largest absolute Gasteiger partial charge is 0.489 e. The zero-order chi connectivity index (χ0) is 17.9. The molecule has 4 rings (SSSR count). The van der Waals surface area contributed by atoms with Crippen molar-refractivity contribution in [1.29, 1.82) is 0 Å². The maximum atomic E-state index is 5.89. The van der Waals surface area contributed by atoms with E-state index in [2.05, 4.69) is 15.1 Å². The van der Waals surface area contributed by atoms with Gasteiger partial charge in [-0.25, -0.2) is 4.98 Å². The van der Waals surface area contributed by atoms with Gasteiger partial charge in [0, 0.05) is 28.5 Å². The number of imidazole rings is 1. The van der Waals surface area contributed by atoms with Crippen LogP contribution in [-0.4, -0.2) is 15.1 Å². The SMILES string of the molecule is Cc1c(-c2ccc(OCc3ccc(Cl)cc3)cc2)noc1-c1ncc[nH]1. The summed E-state index contributed by atoms with van der Waals surface area (Å²) < 4.78 is 11.3. The van der Waals surface area contributed by atoms with Crippen LogP contribution in [0, 0.1) is 6.92 Å². The summed E-state index contributed by atoms with van der Waals surface area (Å²) in [7, 11) is 0. The van der Waals surface area contributed by atoms with Crippen molar-refractivity contribution in [2.75, 3.05) is 0 Å². The fraction of sp³-hybridized carbons (Fsp3) is 0.100. The molecular weight excluding hydrogens is 350 g/mol. The highest BCUT2D eigenvalue weighted by Gasteiger charge is 2.16. The van der Waals surface area contributed by atoms with Gasteiger partial charge in [0.15, 0.2) is 5.82 Å². The van der Waals surface area contributed by atoms with Crippen LogP contribution in [0.3, 0.4) is 0 Å². The van der Waals surface area contributed by atoms with E-state index in [1.807, 2.05) is 55.5 Å². The molecular formula is C20H16ClN3O2. The third-order valence-electron chi connectivity index (χ3n) is 4.08. The van der Waals surface area contributed by atoms with Crippen molar-refractivity contribution in [2.24, 2.45) is 0 Å². The van der Waals surface area contributed by atoms with Crippen molar-refractivity contribution in [3.63, 3.8) is 0 Å². The molecule has 0 bridgehead atoms. The van der Waals surface area contributed by atoms with E-state index >= 15 is 0 Å². The molecule has 0 saturated carbocycles. The van der Waals surface area contributed by atoms with Crippen LogP contribution in [0.1, 0.15) is 11.1 Å². The van der Waals surface area contributed by atoms with Crippen molar-refractivity contribution < 1.29 is 9.26 Å². The number of aromatic amines is 1. The number of halogens is 1. The minimum Gasteiger partial charge on any atom is -0.489 e. The third kappa shape index (κ3) is 3.34. The smallest absolute Gasteiger partial charge is 0.205 e. The summed E-state index contributed by atoms with van der Waals surface area (Å²) >= 11 is 5.89. The fourth-order valence-corrected chi connectivity index (χ4v) is 2.80. The van der Waals surface area contributed by atoms with E-state index < -0.39 is 0 Å². The normalized spacial score (nSPS) is 10.8. The highest BCUT2D eigenvalue weighted by Crippen LogP contribution is 2.30. The minimum absolute atomic E-state index is 0.488. The first-order valence-electron chi connectivity index (χ1n) is 8.14. The standard InChI is InChI=1S/C20H16ClN3O2/c1-13-18(24-26-19(13)20-22-10-11-23-20)15-4-8-17(9-5-15)25-12-14-2-6-16(21)7-3-14/h2-11H,12H2,1H3,(H,22,23). The van der Waals surface area contributed by atoms with Crippen LogP contribution in [0.25, 0.3) is 22.8 Å². The lowest BCUT2D eigenvalue weighted by molar-refractivity contribution is 0.306. The highest BCUT2D eigenvalue weighted by atomic mass is 35.5. The van der Waals surface area contributed by atoms with Crippen molar-refractivity contribution in [2.45, 2.75) is 13.5 Å². The molecule has 26 heavy (non-hydrogen) atoms. The van der Waals surface area contributed by atoms with Crippen LogP contribution in [0.2, 0.25) is 5.02 Å². The van der Waals surface area contributed by atoms with E-state index in [1.54, 1.807) is 12.4 Å². The van der Waals surface area contributed by atoms with E-state index in [1.165, 1.54) is 0 Å². The molecule has 0 saturated heterocycles. The summed E-state index contributed by atoms with van der Waals surface area (Å²) in [4.78, 5) is 7.24. The van der Waals surface area contributed by atoms with Crippen LogP contribution in [0.5, 0.6) is 5.75 Å². The third-order valence-corrected chi connectivity index (χ3v) is 4.34. The monoisotopic (exact) mass is 365 g/mol. The molecule has 0 unspecified atom stereocenters. The van der Waals surface area contributed by atoms with Crippen LogP contribution in [0.15, 0.2) is 65.4 Å². The summed E-state index contributed by atoms with van der Waals surface area (Å²) in [6, 6.07) is 15.4. The van der Waals surface area contributed by atoms with Gasteiger partial charge in [0.25, 0.3) is 0 Å². The molecule has 2 aromatic heterocycles. The number of hydrogen-bond acceptors (Lipinski definition) is 4. The van der Waals surface area contributed by atoms with E-state index in [-0.39, 0.29) is 0 Å². The quantitative estimate of drug-likeness (QED) is 0.523. The molecule has 4 aromatic rings. The lowest BCUT2D eigenvalue weighted by atomic mass is 10.1. The van der Waals surface area contributed by atoms with E-state index in [9.17, 15) is 0 Å². The Morgan fingerprint density at radius 2 is 1.85 bits per heavy atom. The maximum absolute atomic E-state index is 5.89. The van der Waals surface area contributed by atoms with Gasteiger partial charge >= 0.3 is 0 Å². The summed E-state index contributed by atoms with van der Waals surface area (Å²) in [6.07, 6.45) is 3.44. The molecule has 0 radical (unpaired) electrons. The second-order valence-electron chi connectivity index (χ2n) is 5.86. The number of nitrogens with zero attached hydrogens (tertiary/aromatic N) is 2. The van der Waals surface area contributed by atoms with Crippen molar-refractivity contribution in [3.8, 4) is 28.6 Å². The molecule has 0 aliphatic carbocycles. The molecule has 2 heterocycles. The first-order valence-corrected chi connectivity index (χ1v) is 8.52. The first-order chi connectivity index (χ1) is 12.7. The van der Waals surface area contributed by atoms with Crippen molar-refractivity contribution >= 4 is 11.6 Å². The van der Waals surface area contributed by atoms with Gasteiger partial charge in [-0.3, -0.25) is 0 Å². The van der Waals surface area contributed by atoms with Gasteiger partial charge in [0.1, 0.15) is 18.1 Å². The highest BCUT2D eigenvalue weighted by molar-refractivity contribution is 6.30. The van der Waals surface area contributed by atoms with Crippen LogP contribution in [-0.2, 0) is 6.61 Å². The molecule has 1 N–H and O–H groups in total. The Bertz CT molecular complexity index is 991. The number of H-pyrrole nitrogens is 1. The fourth-order valence-electron chi connectivity index (χ4n) is 2.67. The second-order valence-corrected chi connectivity index (χ2v) is 6.30. The Morgan fingerprint density at radius 1 is 1.08 bits per heavy atom. The summed E-state index contributed by atoms with van der Waals surface area (Å²) in [5.74, 6) is 2.10. The number of hydrogen-bond donors (Lipinski definition) is 1. The zero-order valence-electron chi connectivity index (χ0n) is 14.1. The first kappa shape index (κ1) is 16.4. The average Bonchev–Trinajstić information content (AvgIpc) is 3.31. The number of benzene rings is 2. The molecule has 130 valence electrons. The molecule has 6 heteroatoms. The maximum Gasteiger partial charge on any atom is 0.205 e. The van der Waals surface area contributed by atoms with Gasteiger partial charge in [-0.2, -0.15) is 0 Å². The number of nitrogens with one attached hydrogen (secondary N) is 1. The topological polar surface area (TPSA) is 63.9 Å². The van der Waals surface area contributed by atoms with Crippen molar-refractivity contribution in [1.82, 2.24) is 15.1 Å². The molecule has 0 aliphatic heterocycles. The summed E-state index contributed by atoms with van der Waals surface area (Å²) in [5, 5.41) is 4.90. The Labute approximate surface area is 155 Å². The van der Waals surface area contributed by atoms with Gasteiger partial charge in [0.2, 0.25) is 5.76 Å². The molecule has 0 fully saturated rings. The lowest BCUT2D eigenvalue weighted by Gasteiger charge is -2.07. The average molecular weight is 366 g/mol. The summed E-state index contributed by atoms with van der Waals surface area (Å²) in [6.45, 7) is 2.46. The predicted octanol–water partition coefficient (Wildman–Crippen LogP) is 5.27. The van der Waals surface area contributed by atoms with Crippen LogP contribution < -0.4 is 4.74 Å². The molecule has 0 atom stereocenters. The second kappa shape index (κ2) is 7.06. The van der Waals surface area contributed by atoms with E-state index in [0.29, 0.717) is 18.2 Å². The minimum atomic E-state index is 0.488. The number of ether oxygens (including phenoxy) is 1. The number of rotatable bonds is 5. The number of aromatic nitrogens is 3. The molecule has 0 spiro atoms.